The van der Waals surface area contributed by atoms with E-state index in [2.05, 4.69) is 17.4 Å². The van der Waals surface area contributed by atoms with E-state index >= 15 is 0 Å². The molecule has 0 aromatic heterocycles. The van der Waals surface area contributed by atoms with Crippen LogP contribution >= 0.6 is 11.8 Å². The van der Waals surface area contributed by atoms with Gasteiger partial charge in [0.1, 0.15) is 0 Å². The van der Waals surface area contributed by atoms with Gasteiger partial charge in [0.25, 0.3) is 0 Å². The van der Waals surface area contributed by atoms with Crippen molar-refractivity contribution < 1.29 is 4.79 Å². The third kappa shape index (κ3) is 1.93. The maximum Gasteiger partial charge on any atom is 0.226 e. The molecular weight excluding hydrogens is 194 g/mol. The highest BCUT2D eigenvalue weighted by Crippen LogP contribution is 2.27. The smallest absolute Gasteiger partial charge is 0.226 e. The van der Waals surface area contributed by atoms with Gasteiger partial charge in [-0.3, -0.25) is 4.79 Å². The van der Waals surface area contributed by atoms with Crippen LogP contribution in [-0.4, -0.2) is 11.3 Å². The number of benzene rings is 1. The Kier molecular flexibility index (Phi) is 2.77. The number of thioether (sulfide) groups is 1. The second-order valence-electron chi connectivity index (χ2n) is 3.51. The Morgan fingerprint density at radius 2 is 2.07 bits per heavy atom. The van der Waals surface area contributed by atoms with Gasteiger partial charge in [-0.15, -0.1) is 11.8 Å². The molecule has 1 N–H and O–H groups in total. The van der Waals surface area contributed by atoms with Crippen molar-refractivity contribution in [2.45, 2.75) is 18.1 Å². The highest BCUT2D eigenvalue weighted by molar-refractivity contribution is 7.99. The van der Waals surface area contributed by atoms with Crippen LogP contribution < -0.4 is 5.32 Å². The van der Waals surface area contributed by atoms with E-state index < -0.39 is 0 Å². The van der Waals surface area contributed by atoms with Crippen molar-refractivity contribution in [1.29, 1.82) is 0 Å². The predicted molar refractivity (Wildman–Crippen MR) is 58.8 cm³/mol. The zero-order chi connectivity index (χ0) is 9.97. The zero-order valence-corrected chi connectivity index (χ0v) is 8.88. The number of carbonyl (C=O) groups is 1. The molecule has 14 heavy (non-hydrogen) atoms. The molecular formula is C11H13NOS. The first-order chi connectivity index (χ1) is 6.77. The number of β-lactam (4-membered cyclic amide) rings is 1. The normalized spacial score (nSPS) is 25.4. The second-order valence-corrected chi connectivity index (χ2v) is 4.64. The van der Waals surface area contributed by atoms with Gasteiger partial charge in [-0.25, -0.2) is 0 Å². The lowest BCUT2D eigenvalue weighted by atomic mass is 10.1. The number of carbonyl (C=O) groups excluding carboxylic acids is 1. The summed E-state index contributed by atoms with van der Waals surface area (Å²) in [6.45, 7) is 1.97. The van der Waals surface area contributed by atoms with Gasteiger partial charge in [0, 0.05) is 5.75 Å². The van der Waals surface area contributed by atoms with E-state index in [4.69, 9.17) is 0 Å². The third-order valence-electron chi connectivity index (χ3n) is 2.42. The number of rotatable bonds is 3. The Hall–Kier alpha value is -0.960. The molecule has 1 aliphatic rings. The Bertz CT molecular complexity index is 325. The average Bonchev–Trinajstić information content (AvgIpc) is 2.25. The molecule has 0 bridgehead atoms. The average molecular weight is 207 g/mol. The molecule has 0 spiro atoms. The van der Waals surface area contributed by atoms with Gasteiger partial charge >= 0.3 is 0 Å². The molecule has 74 valence electrons. The monoisotopic (exact) mass is 207 g/mol. The summed E-state index contributed by atoms with van der Waals surface area (Å²) >= 11 is 1.80. The van der Waals surface area contributed by atoms with Crippen molar-refractivity contribution in [3.05, 3.63) is 35.9 Å². The lowest BCUT2D eigenvalue weighted by molar-refractivity contribution is -0.131. The van der Waals surface area contributed by atoms with Crippen LogP contribution in [0.2, 0.25) is 0 Å². The van der Waals surface area contributed by atoms with Crippen molar-refractivity contribution in [3.8, 4) is 0 Å². The maximum atomic E-state index is 10.9. The first-order valence-corrected chi connectivity index (χ1v) is 5.78. The van der Waals surface area contributed by atoms with Crippen LogP contribution in [-0.2, 0) is 10.5 Å². The van der Waals surface area contributed by atoms with E-state index in [0.29, 0.717) is 5.37 Å². The number of hydrogen-bond donors (Lipinski definition) is 1. The van der Waals surface area contributed by atoms with Gasteiger partial charge in [-0.1, -0.05) is 37.3 Å². The summed E-state index contributed by atoms with van der Waals surface area (Å²) in [6.07, 6.45) is 0. The molecule has 2 nitrogen and oxygen atoms in total. The van der Waals surface area contributed by atoms with Crippen molar-refractivity contribution in [3.63, 3.8) is 0 Å². The van der Waals surface area contributed by atoms with Crippen LogP contribution in [0.25, 0.3) is 0 Å². The molecule has 1 aromatic rings. The van der Waals surface area contributed by atoms with Gasteiger partial charge < -0.3 is 5.32 Å². The molecule has 1 heterocycles. The standard InChI is InChI=1S/C11H13NOS/c1-8-10(13)12-11(8)14-7-9-5-3-2-4-6-9/h2-6,8,11H,7H2,1H3,(H,12,13)/t8-,11+/m1/s1. The summed E-state index contributed by atoms with van der Waals surface area (Å²) in [6, 6.07) is 10.3. The topological polar surface area (TPSA) is 29.1 Å². The Labute approximate surface area is 88.1 Å². The van der Waals surface area contributed by atoms with Crippen LogP contribution in [0.3, 0.4) is 0 Å². The predicted octanol–water partition coefficient (Wildman–Crippen LogP) is 2.01. The molecule has 0 aliphatic carbocycles. The fourth-order valence-electron chi connectivity index (χ4n) is 1.38. The van der Waals surface area contributed by atoms with Crippen molar-refractivity contribution in [1.82, 2.24) is 5.32 Å². The van der Waals surface area contributed by atoms with E-state index in [1.165, 1.54) is 5.56 Å². The van der Waals surface area contributed by atoms with Crippen LogP contribution in [0, 0.1) is 5.92 Å². The molecule has 0 saturated carbocycles. The zero-order valence-electron chi connectivity index (χ0n) is 8.07. The van der Waals surface area contributed by atoms with Gasteiger partial charge in [-0.05, 0) is 5.56 Å². The molecule has 2 rings (SSSR count). The molecule has 1 fully saturated rings. The molecule has 3 heteroatoms. The highest BCUT2D eigenvalue weighted by Gasteiger charge is 2.35. The maximum absolute atomic E-state index is 10.9. The summed E-state index contributed by atoms with van der Waals surface area (Å²) in [5.74, 6) is 1.31. The first-order valence-electron chi connectivity index (χ1n) is 4.73. The SMILES string of the molecule is C[C@@H]1C(=O)N[C@H]1SCc1ccccc1. The van der Waals surface area contributed by atoms with E-state index in [1.807, 2.05) is 25.1 Å². The van der Waals surface area contributed by atoms with Crippen molar-refractivity contribution in [2.75, 3.05) is 0 Å². The Morgan fingerprint density at radius 3 is 2.64 bits per heavy atom. The van der Waals surface area contributed by atoms with Gasteiger partial charge in [0.05, 0.1) is 11.3 Å². The van der Waals surface area contributed by atoms with Gasteiger partial charge in [0.15, 0.2) is 0 Å². The van der Waals surface area contributed by atoms with Crippen molar-refractivity contribution >= 4 is 17.7 Å². The summed E-state index contributed by atoms with van der Waals surface area (Å²) < 4.78 is 0. The molecule has 1 aromatic carbocycles. The minimum atomic E-state index is 0.170. The fourth-order valence-corrected chi connectivity index (χ4v) is 2.56. The van der Waals surface area contributed by atoms with Gasteiger partial charge in [-0.2, -0.15) is 0 Å². The van der Waals surface area contributed by atoms with Crippen LogP contribution in [0.5, 0.6) is 0 Å². The molecule has 0 radical (unpaired) electrons. The molecule has 1 aliphatic heterocycles. The third-order valence-corrected chi connectivity index (χ3v) is 3.81. The number of amides is 1. The second kappa shape index (κ2) is 4.05. The van der Waals surface area contributed by atoms with E-state index in [1.54, 1.807) is 11.8 Å². The molecule has 1 saturated heterocycles. The fraction of sp³-hybridized carbons (Fsp3) is 0.364. The van der Waals surface area contributed by atoms with Gasteiger partial charge in [0.2, 0.25) is 5.91 Å². The summed E-state index contributed by atoms with van der Waals surface area (Å²) in [5.41, 5.74) is 1.31. The highest BCUT2D eigenvalue weighted by atomic mass is 32.2. The quantitative estimate of drug-likeness (QED) is 0.768. The van der Waals surface area contributed by atoms with Crippen LogP contribution in [0.4, 0.5) is 0 Å². The minimum Gasteiger partial charge on any atom is -0.343 e. The summed E-state index contributed by atoms with van der Waals surface area (Å²) in [4.78, 5) is 10.9. The largest absolute Gasteiger partial charge is 0.343 e. The summed E-state index contributed by atoms with van der Waals surface area (Å²) in [7, 11) is 0. The first kappa shape index (κ1) is 9.59. The number of nitrogens with one attached hydrogen (secondary N) is 1. The Balaban J connectivity index is 1.81. The van der Waals surface area contributed by atoms with E-state index in [9.17, 15) is 4.79 Å². The summed E-state index contributed by atoms with van der Waals surface area (Å²) in [5, 5.41) is 3.19. The lowest BCUT2D eigenvalue weighted by Crippen LogP contribution is -2.54. The molecule has 1 amide bonds. The lowest BCUT2D eigenvalue weighted by Gasteiger charge is -2.33. The van der Waals surface area contributed by atoms with E-state index in [-0.39, 0.29) is 11.8 Å². The molecule has 0 unspecified atom stereocenters. The number of hydrogen-bond acceptors (Lipinski definition) is 2. The molecule has 2 atom stereocenters. The Morgan fingerprint density at radius 1 is 1.36 bits per heavy atom. The van der Waals surface area contributed by atoms with Crippen molar-refractivity contribution in [2.24, 2.45) is 5.92 Å². The van der Waals surface area contributed by atoms with Crippen LogP contribution in [0.15, 0.2) is 30.3 Å². The minimum absolute atomic E-state index is 0.170. The van der Waals surface area contributed by atoms with Crippen LogP contribution in [0.1, 0.15) is 12.5 Å². The van der Waals surface area contributed by atoms with E-state index in [0.717, 1.165) is 5.75 Å².